The molecule has 0 fully saturated rings. The average molecular weight is 376 g/mol. The summed E-state index contributed by atoms with van der Waals surface area (Å²) in [7, 11) is -3.88. The van der Waals surface area contributed by atoms with Gasteiger partial charge in [-0.1, -0.05) is 5.16 Å². The number of halogens is 1. The first-order valence-electron chi connectivity index (χ1n) is 5.61. The van der Waals surface area contributed by atoms with E-state index in [1.54, 1.807) is 6.92 Å². The van der Waals surface area contributed by atoms with Crippen LogP contribution < -0.4 is 4.72 Å². The molecule has 0 amide bonds. The van der Waals surface area contributed by atoms with Crippen molar-refractivity contribution < 1.29 is 22.8 Å². The first-order chi connectivity index (χ1) is 9.79. The van der Waals surface area contributed by atoms with Gasteiger partial charge in [0.05, 0.1) is 17.0 Å². The van der Waals surface area contributed by atoms with Gasteiger partial charge >= 0.3 is 5.97 Å². The number of sulfonamides is 1. The van der Waals surface area contributed by atoms with Crippen molar-refractivity contribution in [2.75, 3.05) is 0 Å². The van der Waals surface area contributed by atoms with Crippen LogP contribution in [0.4, 0.5) is 0 Å². The van der Waals surface area contributed by atoms with Crippen molar-refractivity contribution >= 4 is 31.9 Å². The predicted molar refractivity (Wildman–Crippen MR) is 74.2 cm³/mol. The lowest BCUT2D eigenvalue weighted by Crippen LogP contribution is -2.24. The molecule has 0 bridgehead atoms. The maximum absolute atomic E-state index is 12.1. The second-order valence-corrected chi connectivity index (χ2v) is 6.62. The average Bonchev–Trinajstić information content (AvgIpc) is 2.82. The van der Waals surface area contributed by atoms with Crippen molar-refractivity contribution in [2.45, 2.75) is 18.4 Å². The van der Waals surface area contributed by atoms with E-state index < -0.39 is 16.0 Å². The number of aromatic nitrogens is 2. The van der Waals surface area contributed by atoms with Gasteiger partial charge in [-0.15, -0.1) is 0 Å². The molecule has 2 N–H and O–H groups in total. The SMILES string of the molecule is Cc1nc(CNS(=O)(=O)c2ccc(Br)c(C(=O)O)c2)no1. The lowest BCUT2D eigenvalue weighted by Gasteiger charge is -2.06. The summed E-state index contributed by atoms with van der Waals surface area (Å²) in [5, 5.41) is 12.5. The highest BCUT2D eigenvalue weighted by molar-refractivity contribution is 9.10. The van der Waals surface area contributed by atoms with Crippen molar-refractivity contribution in [1.29, 1.82) is 0 Å². The minimum absolute atomic E-state index is 0.145. The standard InChI is InChI=1S/C11H10BrN3O5S/c1-6-14-10(15-20-6)5-13-21(18,19)7-2-3-9(12)8(4-7)11(16)17/h2-4,13H,5H2,1H3,(H,16,17). The van der Waals surface area contributed by atoms with Gasteiger partial charge in [0, 0.05) is 11.4 Å². The number of aromatic carboxylic acids is 1. The van der Waals surface area contributed by atoms with Crippen LogP contribution in [0.25, 0.3) is 0 Å². The van der Waals surface area contributed by atoms with E-state index >= 15 is 0 Å². The molecule has 2 rings (SSSR count). The molecule has 21 heavy (non-hydrogen) atoms. The van der Waals surface area contributed by atoms with Crippen LogP contribution in [0.1, 0.15) is 22.1 Å². The Labute approximate surface area is 128 Å². The maximum atomic E-state index is 12.1. The molecule has 2 aromatic rings. The predicted octanol–water partition coefficient (Wildman–Crippen LogP) is 1.32. The Morgan fingerprint density at radius 1 is 1.48 bits per heavy atom. The second-order valence-electron chi connectivity index (χ2n) is 4.00. The van der Waals surface area contributed by atoms with Crippen LogP contribution >= 0.6 is 15.9 Å². The Hall–Kier alpha value is -1.78. The summed E-state index contributed by atoms with van der Waals surface area (Å²) in [6.45, 7) is 1.43. The number of carboxylic acid groups (broad SMARTS) is 1. The van der Waals surface area contributed by atoms with Gasteiger partial charge in [0.2, 0.25) is 15.9 Å². The quantitative estimate of drug-likeness (QED) is 0.807. The first-order valence-corrected chi connectivity index (χ1v) is 7.89. The molecule has 0 radical (unpaired) electrons. The highest BCUT2D eigenvalue weighted by Gasteiger charge is 2.18. The molecular formula is C11H10BrN3O5S. The van der Waals surface area contributed by atoms with Crippen LogP contribution in [0.5, 0.6) is 0 Å². The van der Waals surface area contributed by atoms with E-state index in [9.17, 15) is 13.2 Å². The molecule has 0 aliphatic heterocycles. The van der Waals surface area contributed by atoms with Crippen molar-refractivity contribution in [3.63, 3.8) is 0 Å². The number of benzene rings is 1. The number of aryl methyl sites for hydroxylation is 1. The van der Waals surface area contributed by atoms with Crippen LogP contribution in [0.3, 0.4) is 0 Å². The number of carbonyl (C=O) groups is 1. The highest BCUT2D eigenvalue weighted by Crippen LogP contribution is 2.21. The number of nitrogens with one attached hydrogen (secondary N) is 1. The van der Waals surface area contributed by atoms with Gasteiger partial charge in [0.15, 0.2) is 5.82 Å². The van der Waals surface area contributed by atoms with Gasteiger partial charge in [0.1, 0.15) is 0 Å². The van der Waals surface area contributed by atoms with Gasteiger partial charge in [-0.05, 0) is 34.1 Å². The lowest BCUT2D eigenvalue weighted by molar-refractivity contribution is 0.0695. The number of nitrogens with zero attached hydrogens (tertiary/aromatic N) is 2. The summed E-state index contributed by atoms with van der Waals surface area (Å²) in [5.41, 5.74) is -0.145. The fourth-order valence-electron chi connectivity index (χ4n) is 1.49. The highest BCUT2D eigenvalue weighted by atomic mass is 79.9. The molecule has 0 unspecified atom stereocenters. The largest absolute Gasteiger partial charge is 0.478 e. The van der Waals surface area contributed by atoms with E-state index in [0.717, 1.165) is 6.07 Å². The molecule has 112 valence electrons. The number of hydrogen-bond acceptors (Lipinski definition) is 6. The topological polar surface area (TPSA) is 122 Å². The number of carboxylic acids is 1. The third-order valence-corrected chi connectivity index (χ3v) is 4.56. The van der Waals surface area contributed by atoms with Gasteiger partial charge in [-0.25, -0.2) is 17.9 Å². The number of rotatable bonds is 5. The Kier molecular flexibility index (Phi) is 4.40. The van der Waals surface area contributed by atoms with Gasteiger partial charge in [-0.2, -0.15) is 4.98 Å². The minimum atomic E-state index is -3.88. The molecule has 0 saturated carbocycles. The van der Waals surface area contributed by atoms with Crippen molar-refractivity contribution in [1.82, 2.24) is 14.9 Å². The van der Waals surface area contributed by atoms with Gasteiger partial charge < -0.3 is 9.63 Å². The Bertz CT molecular complexity index is 787. The zero-order valence-corrected chi connectivity index (χ0v) is 13.1. The normalized spacial score (nSPS) is 11.5. The minimum Gasteiger partial charge on any atom is -0.478 e. The summed E-state index contributed by atoms with van der Waals surface area (Å²) in [5.74, 6) is -0.722. The molecule has 0 spiro atoms. The zero-order valence-electron chi connectivity index (χ0n) is 10.7. The van der Waals surface area contributed by atoms with Crippen LogP contribution in [0, 0.1) is 6.92 Å². The van der Waals surface area contributed by atoms with E-state index in [1.165, 1.54) is 12.1 Å². The van der Waals surface area contributed by atoms with Crippen molar-refractivity contribution in [2.24, 2.45) is 0 Å². The van der Waals surface area contributed by atoms with Gasteiger partial charge in [-0.3, -0.25) is 0 Å². The fourth-order valence-corrected chi connectivity index (χ4v) is 2.91. The molecular weight excluding hydrogens is 366 g/mol. The van der Waals surface area contributed by atoms with E-state index in [1.807, 2.05) is 0 Å². The Balaban J connectivity index is 2.23. The summed E-state index contributed by atoms with van der Waals surface area (Å²) in [4.78, 5) is 14.7. The van der Waals surface area contributed by atoms with Crippen LogP contribution in [-0.4, -0.2) is 29.6 Å². The van der Waals surface area contributed by atoms with Crippen LogP contribution in [0.15, 0.2) is 32.1 Å². The molecule has 0 saturated heterocycles. The Morgan fingerprint density at radius 2 is 2.19 bits per heavy atom. The first kappa shape index (κ1) is 15.6. The molecule has 10 heteroatoms. The monoisotopic (exact) mass is 375 g/mol. The lowest BCUT2D eigenvalue weighted by atomic mass is 10.2. The third-order valence-electron chi connectivity index (χ3n) is 2.47. The van der Waals surface area contributed by atoms with Gasteiger partial charge in [0.25, 0.3) is 0 Å². The van der Waals surface area contributed by atoms with Crippen molar-refractivity contribution in [3.8, 4) is 0 Å². The summed E-state index contributed by atoms with van der Waals surface area (Å²) in [6.07, 6.45) is 0. The molecule has 1 heterocycles. The fraction of sp³-hybridized carbons (Fsp3) is 0.182. The second kappa shape index (κ2) is 5.92. The van der Waals surface area contributed by atoms with E-state index in [2.05, 4.69) is 30.8 Å². The molecule has 1 aromatic heterocycles. The van der Waals surface area contributed by atoms with Crippen molar-refractivity contribution in [3.05, 3.63) is 40.0 Å². The molecule has 0 aliphatic carbocycles. The maximum Gasteiger partial charge on any atom is 0.336 e. The Morgan fingerprint density at radius 3 is 2.76 bits per heavy atom. The molecule has 8 nitrogen and oxygen atoms in total. The van der Waals surface area contributed by atoms with E-state index in [4.69, 9.17) is 9.63 Å². The zero-order chi connectivity index (χ0) is 15.6. The van der Waals surface area contributed by atoms with Crippen LogP contribution in [0.2, 0.25) is 0 Å². The summed E-state index contributed by atoms with van der Waals surface area (Å²) in [6, 6.07) is 3.72. The van der Waals surface area contributed by atoms with E-state index in [-0.39, 0.29) is 22.8 Å². The molecule has 0 atom stereocenters. The molecule has 0 aliphatic rings. The molecule has 1 aromatic carbocycles. The van der Waals surface area contributed by atoms with E-state index in [0.29, 0.717) is 10.4 Å². The smallest absolute Gasteiger partial charge is 0.336 e. The number of hydrogen-bond donors (Lipinski definition) is 2. The van der Waals surface area contributed by atoms with Crippen LogP contribution in [-0.2, 0) is 16.6 Å². The summed E-state index contributed by atoms with van der Waals surface area (Å²) < 4.78 is 31.5. The summed E-state index contributed by atoms with van der Waals surface area (Å²) >= 11 is 3.05. The third kappa shape index (κ3) is 3.65.